The van der Waals surface area contributed by atoms with Gasteiger partial charge in [0.1, 0.15) is 22.7 Å². The molecule has 0 spiro atoms. The lowest BCUT2D eigenvalue weighted by Crippen LogP contribution is -1.91. The maximum Gasteiger partial charge on any atom is 0.234 e. The summed E-state index contributed by atoms with van der Waals surface area (Å²) in [7, 11) is 0. The number of benzene rings is 1. The molecule has 1 N–H and O–H groups in total. The smallest absolute Gasteiger partial charge is 0.234 e. The van der Waals surface area contributed by atoms with Crippen LogP contribution in [0.2, 0.25) is 0 Å². The van der Waals surface area contributed by atoms with Crippen LogP contribution in [0.1, 0.15) is 5.82 Å². The van der Waals surface area contributed by atoms with Crippen LogP contribution in [0.15, 0.2) is 36.0 Å². The first-order valence-electron chi connectivity index (χ1n) is 6.27. The van der Waals surface area contributed by atoms with E-state index in [4.69, 9.17) is 10.5 Å². The van der Waals surface area contributed by atoms with E-state index in [0.29, 0.717) is 0 Å². The molecule has 7 nitrogen and oxygen atoms in total. The molecule has 0 aliphatic carbocycles. The number of nitriles is 2. The van der Waals surface area contributed by atoms with Gasteiger partial charge >= 0.3 is 0 Å². The number of hydrogen-bond donors (Lipinski definition) is 1. The van der Waals surface area contributed by atoms with E-state index >= 15 is 0 Å². The van der Waals surface area contributed by atoms with Crippen LogP contribution in [0.4, 0.5) is 5.69 Å². The molecular formula is C14H9N7S. The third-order valence-corrected chi connectivity index (χ3v) is 3.83. The predicted octanol–water partition coefficient (Wildman–Crippen LogP) is 2.50. The normalized spacial score (nSPS) is 9.95. The molecule has 1 aromatic carbocycles. The van der Waals surface area contributed by atoms with Gasteiger partial charge in [-0.15, -0.1) is 10.2 Å². The number of nitrogens with zero attached hydrogens (tertiary/aromatic N) is 6. The van der Waals surface area contributed by atoms with Crippen molar-refractivity contribution in [2.75, 3.05) is 5.32 Å². The van der Waals surface area contributed by atoms with Crippen molar-refractivity contribution in [2.45, 2.75) is 6.92 Å². The highest BCUT2D eigenvalue weighted by Gasteiger charge is 2.10. The Kier molecular flexibility index (Phi) is 3.52. The lowest BCUT2D eigenvalue weighted by atomic mass is 10.2. The van der Waals surface area contributed by atoms with Crippen molar-refractivity contribution in [1.82, 2.24) is 19.8 Å². The summed E-state index contributed by atoms with van der Waals surface area (Å²) < 4.78 is 1.70. The van der Waals surface area contributed by atoms with Crippen molar-refractivity contribution in [3.63, 3.8) is 0 Å². The fourth-order valence-electron chi connectivity index (χ4n) is 1.82. The topological polar surface area (TPSA) is 103 Å². The zero-order chi connectivity index (χ0) is 15.5. The molecule has 0 aliphatic heterocycles. The van der Waals surface area contributed by atoms with Crippen molar-refractivity contribution in [2.24, 2.45) is 0 Å². The lowest BCUT2D eigenvalue weighted by molar-refractivity contribution is 0.898. The first kappa shape index (κ1) is 13.7. The summed E-state index contributed by atoms with van der Waals surface area (Å²) in [5.41, 5.74) is 1.70. The maximum atomic E-state index is 8.71. The molecule has 8 heteroatoms. The number of hydrogen-bond acceptors (Lipinski definition) is 7. The number of aromatic nitrogens is 4. The number of allylic oxidation sites excluding steroid dienone is 1. The predicted molar refractivity (Wildman–Crippen MR) is 81.8 cm³/mol. The van der Waals surface area contributed by atoms with E-state index < -0.39 is 0 Å². The average molecular weight is 307 g/mol. The summed E-state index contributed by atoms with van der Waals surface area (Å²) in [6, 6.07) is 11.1. The van der Waals surface area contributed by atoms with Gasteiger partial charge in [0.05, 0.1) is 0 Å². The van der Waals surface area contributed by atoms with Crippen LogP contribution in [0.3, 0.4) is 0 Å². The van der Waals surface area contributed by atoms with E-state index in [1.54, 1.807) is 16.7 Å². The quantitative estimate of drug-likeness (QED) is 0.746. The highest BCUT2D eigenvalue weighted by molar-refractivity contribution is 7.19. The number of fused-ring (bicyclic) bond motifs is 1. The maximum absolute atomic E-state index is 8.71. The van der Waals surface area contributed by atoms with Gasteiger partial charge in [0.2, 0.25) is 4.96 Å². The van der Waals surface area contributed by atoms with Gasteiger partial charge in [0.25, 0.3) is 0 Å². The zero-order valence-electron chi connectivity index (χ0n) is 11.5. The summed E-state index contributed by atoms with van der Waals surface area (Å²) in [4.78, 5) is 0.738. The van der Waals surface area contributed by atoms with Crippen LogP contribution in [0.25, 0.3) is 15.5 Å². The molecule has 2 aromatic heterocycles. The molecule has 0 unspecified atom stereocenters. The Morgan fingerprint density at radius 1 is 1.32 bits per heavy atom. The summed E-state index contributed by atoms with van der Waals surface area (Å²) in [6.07, 6.45) is 1.38. The molecule has 0 amide bonds. The summed E-state index contributed by atoms with van der Waals surface area (Å²) in [6.45, 7) is 1.84. The Bertz CT molecular complexity index is 936. The van der Waals surface area contributed by atoms with Crippen LogP contribution in [0, 0.1) is 29.6 Å². The van der Waals surface area contributed by atoms with Crippen LogP contribution in [-0.2, 0) is 0 Å². The number of nitrogens with one attached hydrogen (secondary N) is 1. The van der Waals surface area contributed by atoms with Gasteiger partial charge in [-0.25, -0.2) is 0 Å². The van der Waals surface area contributed by atoms with Crippen molar-refractivity contribution in [1.29, 1.82) is 10.5 Å². The molecule has 3 rings (SSSR count). The Morgan fingerprint density at radius 3 is 2.86 bits per heavy atom. The van der Waals surface area contributed by atoms with Crippen LogP contribution in [-0.4, -0.2) is 19.8 Å². The van der Waals surface area contributed by atoms with Gasteiger partial charge in [-0.05, 0) is 19.1 Å². The minimum Gasteiger partial charge on any atom is -0.360 e. The molecule has 0 saturated carbocycles. The standard InChI is InChI=1S/C14H9N7S/c1-9-18-19-14-21(9)20-13(22-14)11-3-2-4-12(5-11)17-8-10(6-15)7-16/h2-5,8,17H,1H3. The second kappa shape index (κ2) is 5.64. The van der Waals surface area contributed by atoms with E-state index in [0.717, 1.165) is 27.0 Å². The first-order valence-corrected chi connectivity index (χ1v) is 7.09. The molecule has 0 fully saturated rings. The van der Waals surface area contributed by atoms with Crippen molar-refractivity contribution >= 4 is 22.0 Å². The molecule has 0 atom stereocenters. The minimum absolute atomic E-state index is 0.0137. The van der Waals surface area contributed by atoms with Gasteiger partial charge in [0.15, 0.2) is 5.82 Å². The third-order valence-electron chi connectivity index (χ3n) is 2.88. The first-order chi connectivity index (χ1) is 10.7. The van der Waals surface area contributed by atoms with Crippen molar-refractivity contribution in [3.05, 3.63) is 41.9 Å². The van der Waals surface area contributed by atoms with E-state index in [-0.39, 0.29) is 5.57 Å². The Labute approximate surface area is 129 Å². The summed E-state index contributed by atoms with van der Waals surface area (Å²) in [5.74, 6) is 0.738. The molecule has 0 saturated heterocycles. The Morgan fingerprint density at radius 2 is 2.14 bits per heavy atom. The second-order valence-electron chi connectivity index (χ2n) is 4.36. The van der Waals surface area contributed by atoms with Crippen molar-refractivity contribution < 1.29 is 0 Å². The minimum atomic E-state index is 0.0137. The lowest BCUT2D eigenvalue weighted by Gasteiger charge is -2.02. The number of aryl methyl sites for hydroxylation is 1. The fourth-order valence-corrected chi connectivity index (χ4v) is 2.70. The van der Waals surface area contributed by atoms with Crippen LogP contribution in [0.5, 0.6) is 0 Å². The van der Waals surface area contributed by atoms with Crippen molar-refractivity contribution in [3.8, 4) is 22.7 Å². The second-order valence-corrected chi connectivity index (χ2v) is 5.31. The molecule has 2 heterocycles. The summed E-state index contributed by atoms with van der Waals surface area (Å²) in [5, 5.41) is 33.7. The number of rotatable bonds is 3. The molecule has 3 aromatic rings. The largest absolute Gasteiger partial charge is 0.360 e. The van der Waals surface area contributed by atoms with E-state index in [1.165, 1.54) is 17.5 Å². The highest BCUT2D eigenvalue weighted by Crippen LogP contribution is 2.27. The van der Waals surface area contributed by atoms with E-state index in [2.05, 4.69) is 20.6 Å². The van der Waals surface area contributed by atoms with Crippen LogP contribution < -0.4 is 5.32 Å². The molecule has 0 aliphatic rings. The Hall–Kier alpha value is -3.23. The molecule has 0 bridgehead atoms. The molecular weight excluding hydrogens is 298 g/mol. The van der Waals surface area contributed by atoms with Gasteiger partial charge in [-0.1, -0.05) is 23.5 Å². The number of anilines is 1. The van der Waals surface area contributed by atoms with Gasteiger partial charge < -0.3 is 5.32 Å². The fraction of sp³-hybridized carbons (Fsp3) is 0.0714. The van der Waals surface area contributed by atoms with Gasteiger partial charge in [-0.3, -0.25) is 0 Å². The van der Waals surface area contributed by atoms with Gasteiger partial charge in [-0.2, -0.15) is 20.1 Å². The summed E-state index contributed by atoms with van der Waals surface area (Å²) >= 11 is 1.44. The highest BCUT2D eigenvalue weighted by atomic mass is 32.1. The molecule has 106 valence electrons. The molecule has 0 radical (unpaired) electrons. The molecule has 22 heavy (non-hydrogen) atoms. The van der Waals surface area contributed by atoms with Crippen LogP contribution >= 0.6 is 11.3 Å². The van der Waals surface area contributed by atoms with Gasteiger partial charge in [0, 0.05) is 17.5 Å². The van der Waals surface area contributed by atoms with E-state index in [1.807, 2.05) is 31.2 Å². The zero-order valence-corrected chi connectivity index (χ0v) is 12.3. The Balaban J connectivity index is 1.92. The monoisotopic (exact) mass is 307 g/mol. The average Bonchev–Trinajstić information content (AvgIpc) is 3.11. The third kappa shape index (κ3) is 2.51. The van der Waals surface area contributed by atoms with E-state index in [9.17, 15) is 0 Å². The SMILES string of the molecule is Cc1nnc2sc(-c3cccc(NC=C(C#N)C#N)c3)nn12.